The first kappa shape index (κ1) is 31.0. The molecule has 0 N–H and O–H groups in total. The molecule has 0 spiro atoms. The summed E-state index contributed by atoms with van der Waals surface area (Å²) in [6.45, 7) is 15.8. The summed E-state index contributed by atoms with van der Waals surface area (Å²) in [5.74, 6) is -1.88. The summed E-state index contributed by atoms with van der Waals surface area (Å²) >= 11 is 0. The van der Waals surface area contributed by atoms with Crippen LogP contribution in [0.4, 0.5) is 14.5 Å². The third-order valence-electron chi connectivity index (χ3n) is 8.05. The van der Waals surface area contributed by atoms with Crippen LogP contribution in [0.25, 0.3) is 0 Å². The monoisotopic (exact) mass is 584 g/mol. The summed E-state index contributed by atoms with van der Waals surface area (Å²) in [6.07, 6.45) is 3.35. The highest BCUT2D eigenvalue weighted by molar-refractivity contribution is 6.01. The first-order valence-corrected chi connectivity index (χ1v) is 14.0. The van der Waals surface area contributed by atoms with E-state index in [1.807, 2.05) is 31.7 Å². The van der Waals surface area contributed by atoms with Crippen molar-refractivity contribution in [1.29, 1.82) is 10.5 Å². The number of piperazine rings is 2. The van der Waals surface area contributed by atoms with Gasteiger partial charge < -0.3 is 19.6 Å². The molecule has 2 aromatic rings. The minimum atomic E-state index is -0.791. The second-order valence-electron chi connectivity index (χ2n) is 10.8. The molecule has 2 aliphatic rings. The molecular formula is C33H34F2N6O2. The molecule has 0 aliphatic carbocycles. The number of nitrogens with zero attached hydrogens (tertiary/aromatic N) is 6. The molecular weight excluding hydrogens is 550 g/mol. The van der Waals surface area contributed by atoms with E-state index in [1.165, 1.54) is 0 Å². The Balaban J connectivity index is 1.49. The topological polar surface area (TPSA) is 94.7 Å². The fourth-order valence-corrected chi connectivity index (χ4v) is 5.70. The van der Waals surface area contributed by atoms with Crippen LogP contribution in [0.1, 0.15) is 44.3 Å². The SMILES string of the molecule is C=C/C=C(\C(=C)C#N)N1CCN(C(=O)c2cc(C(=O)N3CCN(c4cc(F)c(C#N)cc4F)CC3C)c(C)cc2C)CC1. The van der Waals surface area contributed by atoms with E-state index >= 15 is 0 Å². The number of halogens is 2. The van der Waals surface area contributed by atoms with Crippen LogP contribution in [0.5, 0.6) is 0 Å². The number of carbonyl (C=O) groups is 2. The largest absolute Gasteiger partial charge is 0.367 e. The molecule has 4 rings (SSSR count). The summed E-state index contributed by atoms with van der Waals surface area (Å²) in [5.41, 5.74) is 3.10. The van der Waals surface area contributed by atoms with Gasteiger partial charge in [-0.25, -0.2) is 8.78 Å². The van der Waals surface area contributed by atoms with Crippen LogP contribution in [0, 0.1) is 48.1 Å². The molecule has 0 radical (unpaired) electrons. The van der Waals surface area contributed by atoms with Crippen molar-refractivity contribution < 1.29 is 18.4 Å². The predicted molar refractivity (Wildman–Crippen MR) is 160 cm³/mol. The Hall–Kier alpha value is -4.96. The van der Waals surface area contributed by atoms with Gasteiger partial charge in [0, 0.05) is 69.0 Å². The van der Waals surface area contributed by atoms with Gasteiger partial charge in [0.1, 0.15) is 23.8 Å². The standard InChI is InChI=1S/C33H34F2N6O2/c1-6-7-30(23(4)18-36)38-8-10-39(11-9-38)32(42)26-16-27(22(3)14-21(26)2)33(43)41-13-12-40(20-24(41)5)31-17-28(34)25(19-37)15-29(31)35/h6-7,14-17,24H,1,4,8-13,20H2,2-3,5H3/b30-7+. The molecule has 2 heterocycles. The third-order valence-corrected chi connectivity index (χ3v) is 8.05. The minimum absolute atomic E-state index is 0.0546. The van der Waals surface area contributed by atoms with Crippen molar-refractivity contribution in [2.24, 2.45) is 0 Å². The maximum Gasteiger partial charge on any atom is 0.254 e. The lowest BCUT2D eigenvalue weighted by Gasteiger charge is -2.41. The molecule has 10 heteroatoms. The van der Waals surface area contributed by atoms with Crippen molar-refractivity contribution in [3.63, 3.8) is 0 Å². The molecule has 0 bridgehead atoms. The molecule has 2 saturated heterocycles. The summed E-state index contributed by atoms with van der Waals surface area (Å²) in [5, 5.41) is 18.3. The molecule has 2 aromatic carbocycles. The van der Waals surface area contributed by atoms with Gasteiger partial charge in [0.25, 0.3) is 11.8 Å². The third kappa shape index (κ3) is 6.29. The second-order valence-corrected chi connectivity index (χ2v) is 10.8. The Morgan fingerprint density at radius 1 is 0.907 bits per heavy atom. The summed E-state index contributed by atoms with van der Waals surface area (Å²) in [7, 11) is 0. The number of aryl methyl sites for hydroxylation is 2. The van der Waals surface area contributed by atoms with Crippen molar-refractivity contribution in [1.82, 2.24) is 14.7 Å². The number of hydrogen-bond donors (Lipinski definition) is 0. The van der Waals surface area contributed by atoms with E-state index in [0.29, 0.717) is 48.6 Å². The van der Waals surface area contributed by atoms with E-state index in [1.54, 1.807) is 39.0 Å². The zero-order valence-electron chi connectivity index (χ0n) is 24.7. The Labute approximate surface area is 251 Å². The number of amides is 2. The second kappa shape index (κ2) is 12.9. The first-order chi connectivity index (χ1) is 20.5. The molecule has 222 valence electrons. The molecule has 2 amide bonds. The normalized spacial score (nSPS) is 17.3. The minimum Gasteiger partial charge on any atom is -0.367 e. The van der Waals surface area contributed by atoms with Crippen LogP contribution >= 0.6 is 0 Å². The van der Waals surface area contributed by atoms with Gasteiger partial charge in [0.15, 0.2) is 0 Å². The highest BCUT2D eigenvalue weighted by atomic mass is 19.1. The lowest BCUT2D eigenvalue weighted by atomic mass is 9.97. The summed E-state index contributed by atoms with van der Waals surface area (Å²) in [4.78, 5) is 34.5. The number of anilines is 1. The number of nitriles is 2. The quantitative estimate of drug-likeness (QED) is 0.361. The maximum absolute atomic E-state index is 14.7. The molecule has 2 fully saturated rings. The predicted octanol–water partition coefficient (Wildman–Crippen LogP) is 4.71. The van der Waals surface area contributed by atoms with Crippen LogP contribution in [-0.2, 0) is 0 Å². The van der Waals surface area contributed by atoms with Crippen molar-refractivity contribution in [2.75, 3.05) is 50.7 Å². The maximum atomic E-state index is 14.7. The fourth-order valence-electron chi connectivity index (χ4n) is 5.70. The lowest BCUT2D eigenvalue weighted by Crippen LogP contribution is -2.54. The first-order valence-electron chi connectivity index (χ1n) is 14.0. The van der Waals surface area contributed by atoms with Crippen LogP contribution in [0.2, 0.25) is 0 Å². The van der Waals surface area contributed by atoms with Gasteiger partial charge in [-0.2, -0.15) is 10.5 Å². The number of benzene rings is 2. The summed E-state index contributed by atoms with van der Waals surface area (Å²) in [6, 6.07) is 8.81. The van der Waals surface area contributed by atoms with Crippen LogP contribution in [0.3, 0.4) is 0 Å². The smallest absolute Gasteiger partial charge is 0.254 e. The van der Waals surface area contributed by atoms with Crippen molar-refractivity contribution in [2.45, 2.75) is 26.8 Å². The molecule has 1 unspecified atom stereocenters. The van der Waals surface area contributed by atoms with E-state index < -0.39 is 11.6 Å². The number of allylic oxidation sites excluding steroid dienone is 3. The van der Waals surface area contributed by atoms with Gasteiger partial charge in [0.05, 0.1) is 22.5 Å². The average Bonchev–Trinajstić information content (AvgIpc) is 3.00. The number of carbonyl (C=O) groups excluding carboxylic acids is 2. The van der Waals surface area contributed by atoms with Crippen molar-refractivity contribution in [3.8, 4) is 12.1 Å². The molecule has 2 aliphatic heterocycles. The van der Waals surface area contributed by atoms with Crippen LogP contribution < -0.4 is 4.90 Å². The molecule has 8 nitrogen and oxygen atoms in total. The number of rotatable bonds is 6. The van der Waals surface area contributed by atoms with Gasteiger partial charge in [-0.05, 0) is 50.1 Å². The van der Waals surface area contributed by atoms with Gasteiger partial charge in [0.2, 0.25) is 0 Å². The Morgan fingerprint density at radius 3 is 2.12 bits per heavy atom. The van der Waals surface area contributed by atoms with E-state index in [0.717, 1.165) is 23.3 Å². The highest BCUT2D eigenvalue weighted by Crippen LogP contribution is 2.28. The van der Waals surface area contributed by atoms with E-state index in [4.69, 9.17) is 5.26 Å². The van der Waals surface area contributed by atoms with Crippen molar-refractivity contribution >= 4 is 17.5 Å². The zero-order valence-corrected chi connectivity index (χ0v) is 24.7. The van der Waals surface area contributed by atoms with E-state index in [-0.39, 0.29) is 48.7 Å². The zero-order chi connectivity index (χ0) is 31.4. The molecule has 43 heavy (non-hydrogen) atoms. The van der Waals surface area contributed by atoms with Gasteiger partial charge in [-0.15, -0.1) is 0 Å². The van der Waals surface area contributed by atoms with E-state index in [9.17, 15) is 23.6 Å². The van der Waals surface area contributed by atoms with Crippen LogP contribution in [0.15, 0.2) is 60.8 Å². The summed E-state index contributed by atoms with van der Waals surface area (Å²) < 4.78 is 28.9. The highest BCUT2D eigenvalue weighted by Gasteiger charge is 2.32. The van der Waals surface area contributed by atoms with Gasteiger partial charge >= 0.3 is 0 Å². The molecule has 1 atom stereocenters. The lowest BCUT2D eigenvalue weighted by molar-refractivity contribution is 0.0670. The van der Waals surface area contributed by atoms with Crippen molar-refractivity contribution in [3.05, 3.63) is 100 Å². The van der Waals surface area contributed by atoms with Gasteiger partial charge in [-0.1, -0.05) is 25.3 Å². The molecule has 0 saturated carbocycles. The Kier molecular flexibility index (Phi) is 9.30. The van der Waals surface area contributed by atoms with Gasteiger partial charge in [-0.3, -0.25) is 9.59 Å². The Bertz CT molecular complexity index is 1590. The Morgan fingerprint density at radius 2 is 1.53 bits per heavy atom. The molecule has 0 aromatic heterocycles. The van der Waals surface area contributed by atoms with Crippen LogP contribution in [-0.4, -0.2) is 78.4 Å². The van der Waals surface area contributed by atoms with E-state index in [2.05, 4.69) is 19.2 Å². The number of hydrogen-bond acceptors (Lipinski definition) is 6. The fraction of sp³-hybridized carbons (Fsp3) is 0.333. The average molecular weight is 585 g/mol.